The van der Waals surface area contributed by atoms with Gasteiger partial charge in [0.2, 0.25) is 5.91 Å². The molecule has 0 aliphatic heterocycles. The molecule has 7 nitrogen and oxygen atoms in total. The number of aromatic nitrogens is 1. The Hall–Kier alpha value is -2.96. The summed E-state index contributed by atoms with van der Waals surface area (Å²) in [7, 11) is 0. The smallest absolute Gasteiger partial charge is 0.285 e. The number of benzene rings is 1. The average molecular weight is 287 g/mol. The molecule has 1 amide bonds. The molecule has 2 aromatic rings. The van der Waals surface area contributed by atoms with Gasteiger partial charge < -0.3 is 5.32 Å². The molecule has 1 aromatic carbocycles. The maximum atomic E-state index is 11.8. The van der Waals surface area contributed by atoms with Crippen molar-refractivity contribution in [3.05, 3.63) is 74.7 Å². The van der Waals surface area contributed by atoms with E-state index in [1.165, 1.54) is 0 Å². The summed E-state index contributed by atoms with van der Waals surface area (Å²) < 4.78 is 1.01. The highest BCUT2D eigenvalue weighted by atomic mass is 16.6. The number of carbonyl (C=O) groups is 1. The highest BCUT2D eigenvalue weighted by Gasteiger charge is 2.10. The Kier molecular flexibility index (Phi) is 4.45. The van der Waals surface area contributed by atoms with Crippen LogP contribution in [-0.4, -0.2) is 15.4 Å². The quantitative estimate of drug-likeness (QED) is 0.657. The second kappa shape index (κ2) is 6.47. The largest absolute Gasteiger partial charge is 0.350 e. The van der Waals surface area contributed by atoms with Crippen LogP contribution in [0.2, 0.25) is 0 Å². The number of hydrogen-bond donors (Lipinski definition) is 1. The van der Waals surface area contributed by atoms with Crippen LogP contribution in [0, 0.1) is 10.1 Å². The van der Waals surface area contributed by atoms with E-state index in [0.717, 1.165) is 28.5 Å². The monoisotopic (exact) mass is 287 g/mol. The van der Waals surface area contributed by atoms with Gasteiger partial charge in [0.25, 0.3) is 11.2 Å². The second-order valence-corrected chi connectivity index (χ2v) is 4.37. The van der Waals surface area contributed by atoms with Crippen molar-refractivity contribution in [2.75, 3.05) is 0 Å². The first-order valence-electron chi connectivity index (χ1n) is 6.22. The van der Waals surface area contributed by atoms with Gasteiger partial charge >= 0.3 is 0 Å². The van der Waals surface area contributed by atoms with E-state index in [0.29, 0.717) is 6.54 Å². The van der Waals surface area contributed by atoms with E-state index in [2.05, 4.69) is 5.32 Å². The zero-order valence-electron chi connectivity index (χ0n) is 11.1. The Labute approximate surface area is 120 Å². The standard InChI is InChI=1S/C14H13N3O4/c18-13(15-8-11-4-2-1-3-5-11)10-16-9-12(17(20)21)6-7-14(16)19/h1-7,9H,8,10H2,(H,15,18). The fourth-order valence-electron chi connectivity index (χ4n) is 1.76. The number of amides is 1. The van der Waals surface area contributed by atoms with E-state index in [4.69, 9.17) is 0 Å². The van der Waals surface area contributed by atoms with Crippen molar-refractivity contribution >= 4 is 11.6 Å². The molecule has 2 rings (SSSR count). The molecular weight excluding hydrogens is 274 g/mol. The highest BCUT2D eigenvalue weighted by molar-refractivity contribution is 5.75. The summed E-state index contributed by atoms with van der Waals surface area (Å²) in [5.74, 6) is -0.388. The van der Waals surface area contributed by atoms with Crippen LogP contribution in [0.5, 0.6) is 0 Å². The first kappa shape index (κ1) is 14.4. The van der Waals surface area contributed by atoms with E-state index in [1.807, 2.05) is 30.3 Å². The van der Waals surface area contributed by atoms with E-state index in [1.54, 1.807) is 0 Å². The van der Waals surface area contributed by atoms with Gasteiger partial charge in [-0.15, -0.1) is 0 Å². The minimum absolute atomic E-state index is 0.231. The minimum Gasteiger partial charge on any atom is -0.350 e. The number of pyridine rings is 1. The molecule has 0 spiro atoms. The molecule has 0 saturated heterocycles. The van der Waals surface area contributed by atoms with Crippen LogP contribution in [-0.2, 0) is 17.9 Å². The average Bonchev–Trinajstić information content (AvgIpc) is 2.48. The zero-order chi connectivity index (χ0) is 15.2. The maximum Gasteiger partial charge on any atom is 0.285 e. The Bertz CT molecular complexity index is 710. The Morgan fingerprint density at radius 1 is 1.19 bits per heavy atom. The van der Waals surface area contributed by atoms with Crippen molar-refractivity contribution in [1.29, 1.82) is 0 Å². The van der Waals surface area contributed by atoms with E-state index in [9.17, 15) is 19.7 Å². The number of hydrogen-bond acceptors (Lipinski definition) is 4. The van der Waals surface area contributed by atoms with Crippen molar-refractivity contribution in [3.63, 3.8) is 0 Å². The summed E-state index contributed by atoms with van der Waals surface area (Å²) in [6.45, 7) is 0.0801. The number of nitrogens with one attached hydrogen (secondary N) is 1. The van der Waals surface area contributed by atoms with E-state index < -0.39 is 10.5 Å². The van der Waals surface area contributed by atoms with Gasteiger partial charge in [-0.2, -0.15) is 0 Å². The molecule has 0 unspecified atom stereocenters. The van der Waals surface area contributed by atoms with Crippen LogP contribution in [0.3, 0.4) is 0 Å². The predicted molar refractivity (Wildman–Crippen MR) is 75.6 cm³/mol. The third-order valence-corrected chi connectivity index (χ3v) is 2.83. The highest BCUT2D eigenvalue weighted by Crippen LogP contribution is 2.06. The van der Waals surface area contributed by atoms with Crippen molar-refractivity contribution < 1.29 is 9.72 Å². The number of nitrogens with zero attached hydrogens (tertiary/aromatic N) is 2. The van der Waals surface area contributed by atoms with E-state index in [-0.39, 0.29) is 18.1 Å². The molecule has 1 aromatic heterocycles. The van der Waals surface area contributed by atoms with Crippen molar-refractivity contribution in [2.45, 2.75) is 13.1 Å². The lowest BCUT2D eigenvalue weighted by Gasteiger charge is -2.07. The molecule has 1 heterocycles. The molecular formula is C14H13N3O4. The molecule has 1 N–H and O–H groups in total. The Balaban J connectivity index is 2.01. The molecule has 0 fully saturated rings. The molecule has 21 heavy (non-hydrogen) atoms. The van der Waals surface area contributed by atoms with E-state index >= 15 is 0 Å². The third kappa shape index (κ3) is 4.00. The third-order valence-electron chi connectivity index (χ3n) is 2.83. The van der Waals surface area contributed by atoms with Crippen LogP contribution in [0.25, 0.3) is 0 Å². The SMILES string of the molecule is O=C(Cn1cc([N+](=O)[O-])ccc1=O)NCc1ccccc1. The molecule has 108 valence electrons. The first-order valence-corrected chi connectivity index (χ1v) is 6.22. The summed E-state index contributed by atoms with van der Waals surface area (Å²) >= 11 is 0. The Morgan fingerprint density at radius 2 is 1.90 bits per heavy atom. The van der Waals surface area contributed by atoms with Crippen molar-refractivity contribution in [2.24, 2.45) is 0 Å². The summed E-state index contributed by atoms with van der Waals surface area (Å²) in [4.78, 5) is 33.4. The summed E-state index contributed by atoms with van der Waals surface area (Å²) in [6.07, 6.45) is 1.06. The van der Waals surface area contributed by atoms with Gasteiger partial charge in [0.05, 0.1) is 11.1 Å². The van der Waals surface area contributed by atoms with Crippen molar-refractivity contribution in [3.8, 4) is 0 Å². The fourth-order valence-corrected chi connectivity index (χ4v) is 1.76. The number of rotatable bonds is 5. The van der Waals surface area contributed by atoms with Crippen LogP contribution in [0.4, 0.5) is 5.69 Å². The van der Waals surface area contributed by atoms with Gasteiger partial charge in [-0.25, -0.2) is 0 Å². The first-order chi connectivity index (χ1) is 10.1. The second-order valence-electron chi connectivity index (χ2n) is 4.37. The van der Waals surface area contributed by atoms with Gasteiger partial charge in [0.15, 0.2) is 0 Å². The van der Waals surface area contributed by atoms with Gasteiger partial charge in [-0.3, -0.25) is 24.3 Å². The summed E-state index contributed by atoms with van der Waals surface area (Å²) in [5.41, 5.74) is 0.234. The minimum atomic E-state index is -0.613. The van der Waals surface area contributed by atoms with Crippen LogP contribution < -0.4 is 10.9 Å². The molecule has 0 aliphatic carbocycles. The van der Waals surface area contributed by atoms with Crippen LogP contribution in [0.1, 0.15) is 5.56 Å². The van der Waals surface area contributed by atoms with Crippen LogP contribution in [0.15, 0.2) is 53.5 Å². The molecule has 0 atom stereocenters. The zero-order valence-corrected chi connectivity index (χ0v) is 11.1. The van der Waals surface area contributed by atoms with Gasteiger partial charge in [-0.1, -0.05) is 30.3 Å². The number of carbonyl (C=O) groups excluding carboxylic acids is 1. The maximum absolute atomic E-state index is 11.8. The lowest BCUT2D eigenvalue weighted by Crippen LogP contribution is -2.31. The van der Waals surface area contributed by atoms with Crippen LogP contribution >= 0.6 is 0 Å². The molecule has 0 bridgehead atoms. The fraction of sp³-hybridized carbons (Fsp3) is 0.143. The molecule has 7 heteroatoms. The summed E-state index contributed by atoms with van der Waals surface area (Å²) in [6, 6.07) is 11.5. The predicted octanol–water partition coefficient (Wildman–Crippen LogP) is 1.07. The normalized spacial score (nSPS) is 10.1. The van der Waals surface area contributed by atoms with Gasteiger partial charge in [0.1, 0.15) is 6.54 Å². The topological polar surface area (TPSA) is 94.2 Å². The van der Waals surface area contributed by atoms with Gasteiger partial charge in [-0.05, 0) is 5.56 Å². The summed E-state index contributed by atoms with van der Waals surface area (Å²) in [5, 5.41) is 13.3. The van der Waals surface area contributed by atoms with Gasteiger partial charge in [0, 0.05) is 18.7 Å². The lowest BCUT2D eigenvalue weighted by atomic mass is 10.2. The number of nitro groups is 1. The Morgan fingerprint density at radius 3 is 2.57 bits per heavy atom. The molecule has 0 radical (unpaired) electrons. The van der Waals surface area contributed by atoms with Crippen molar-refractivity contribution in [1.82, 2.24) is 9.88 Å². The molecule has 0 aliphatic rings. The lowest BCUT2D eigenvalue weighted by molar-refractivity contribution is -0.385. The molecule has 0 saturated carbocycles.